The van der Waals surface area contributed by atoms with Crippen molar-refractivity contribution in [1.82, 2.24) is 0 Å². The number of ether oxygens (including phenoxy) is 1. The highest BCUT2D eigenvalue weighted by atomic mass is 16.5. The summed E-state index contributed by atoms with van der Waals surface area (Å²) in [6.07, 6.45) is 0. The molecule has 142 valence electrons. The van der Waals surface area contributed by atoms with Crippen LogP contribution < -0.4 is 0 Å². The lowest BCUT2D eigenvalue weighted by Gasteiger charge is -2.04. The Morgan fingerprint density at radius 2 is 1.55 bits per heavy atom. The number of carbonyl (C=O) groups is 1. The molecule has 4 aliphatic carbocycles. The van der Waals surface area contributed by atoms with Gasteiger partial charge in [0.2, 0.25) is 0 Å². The van der Waals surface area contributed by atoms with Gasteiger partial charge in [-0.15, -0.1) is 0 Å². The molecule has 0 saturated heterocycles. The molecule has 0 aromatic carbocycles. The Hall–Kier alpha value is -3.57. The smallest absolute Gasteiger partial charge is 0.338 e. The van der Waals surface area contributed by atoms with Crippen LogP contribution in [0.4, 0.5) is 0 Å². The Morgan fingerprint density at radius 3 is 2.21 bits per heavy atom. The Morgan fingerprint density at radius 1 is 0.828 bits per heavy atom. The van der Waals surface area contributed by atoms with Crippen LogP contribution in [0.15, 0.2) is 72.8 Å². The zero-order valence-electron chi connectivity index (χ0n) is 16.8. The number of carbonyl (C=O) groups excluding carboxylic acids is 1. The van der Waals surface area contributed by atoms with Crippen LogP contribution in [0.1, 0.15) is 46.8 Å². The fraction of sp³-hybridized carbons (Fsp3) is 0.148. The first-order valence-corrected chi connectivity index (χ1v) is 9.72. The van der Waals surface area contributed by atoms with Crippen molar-refractivity contribution >= 4 is 5.97 Å². The van der Waals surface area contributed by atoms with Gasteiger partial charge in [0, 0.05) is 11.1 Å². The van der Waals surface area contributed by atoms with E-state index in [1.807, 2.05) is 36.4 Å². The molecule has 0 saturated carbocycles. The van der Waals surface area contributed by atoms with E-state index in [0.717, 1.165) is 33.4 Å². The normalized spacial score (nSPS) is 10.8. The highest BCUT2D eigenvalue weighted by Gasteiger charge is 2.20. The molecule has 0 aliphatic heterocycles. The number of hydrogen-bond donors (Lipinski definition) is 0. The molecular weight excluding hydrogens is 356 g/mol. The third-order valence-corrected chi connectivity index (χ3v) is 5.16. The maximum atomic E-state index is 12.4. The minimum atomic E-state index is -0.337. The molecular formula is C27H22O2. The van der Waals surface area contributed by atoms with Crippen LogP contribution in [0, 0.1) is 11.8 Å². The van der Waals surface area contributed by atoms with Crippen LogP contribution in [0.3, 0.4) is 0 Å². The summed E-state index contributed by atoms with van der Waals surface area (Å²) in [5.41, 5.74) is 7.70. The predicted octanol–water partition coefficient (Wildman–Crippen LogP) is 6.21. The zero-order valence-corrected chi connectivity index (χ0v) is 16.8. The van der Waals surface area contributed by atoms with E-state index in [-0.39, 0.29) is 5.97 Å². The van der Waals surface area contributed by atoms with Gasteiger partial charge in [-0.05, 0) is 58.0 Å². The molecule has 4 rings (SSSR count). The summed E-state index contributed by atoms with van der Waals surface area (Å²) in [6.45, 7) is 4.28. The Bertz CT molecular complexity index is 1160. The third kappa shape index (κ3) is 3.73. The summed E-state index contributed by atoms with van der Waals surface area (Å²) >= 11 is 0. The molecule has 29 heavy (non-hydrogen) atoms. The summed E-state index contributed by atoms with van der Waals surface area (Å²) < 4.78 is 5.01. The van der Waals surface area contributed by atoms with E-state index in [4.69, 9.17) is 4.74 Å². The van der Waals surface area contributed by atoms with Crippen molar-refractivity contribution in [3.8, 4) is 34.1 Å². The molecule has 0 N–H and O–H groups in total. The van der Waals surface area contributed by atoms with E-state index in [2.05, 4.69) is 62.1 Å². The minimum Gasteiger partial charge on any atom is -0.465 e. The second-order valence-corrected chi connectivity index (χ2v) is 7.43. The number of fused-ring (bicyclic) bond motifs is 2. The van der Waals surface area contributed by atoms with E-state index in [1.54, 1.807) is 0 Å². The van der Waals surface area contributed by atoms with Gasteiger partial charge in [-0.1, -0.05) is 74.2 Å². The lowest BCUT2D eigenvalue weighted by Crippen LogP contribution is -2.00. The molecule has 0 radical (unpaired) electrons. The van der Waals surface area contributed by atoms with Crippen molar-refractivity contribution in [3.63, 3.8) is 0 Å². The van der Waals surface area contributed by atoms with Gasteiger partial charge >= 0.3 is 5.97 Å². The summed E-state index contributed by atoms with van der Waals surface area (Å²) in [7, 11) is 1.41. The standard InChI is InChI=1S/C27H22O2/c1-18(2)20-10-7-11-24-23(17-26(25(24)16-20)27(28)29-3)13-12-19-14-21-8-5-4-6-9-22(21)15-19/h4-11,14-18H,1-3H3. The topological polar surface area (TPSA) is 26.3 Å². The second kappa shape index (κ2) is 7.81. The minimum absolute atomic E-state index is 0.337. The molecule has 4 aliphatic rings. The van der Waals surface area contributed by atoms with Crippen LogP contribution >= 0.6 is 0 Å². The lowest BCUT2D eigenvalue weighted by atomic mass is 10.0. The largest absolute Gasteiger partial charge is 0.465 e. The van der Waals surface area contributed by atoms with Gasteiger partial charge in [0.1, 0.15) is 0 Å². The average molecular weight is 378 g/mol. The van der Waals surface area contributed by atoms with Crippen molar-refractivity contribution in [1.29, 1.82) is 0 Å². The molecule has 2 nitrogen and oxygen atoms in total. The van der Waals surface area contributed by atoms with Crippen LogP contribution in [-0.2, 0) is 4.74 Å². The third-order valence-electron chi connectivity index (χ3n) is 5.16. The van der Waals surface area contributed by atoms with Crippen molar-refractivity contribution in [3.05, 3.63) is 95.1 Å². The van der Waals surface area contributed by atoms with Crippen molar-refractivity contribution < 1.29 is 9.53 Å². The van der Waals surface area contributed by atoms with Gasteiger partial charge < -0.3 is 4.74 Å². The molecule has 0 amide bonds. The number of hydrogen-bond acceptors (Lipinski definition) is 2. The van der Waals surface area contributed by atoms with Crippen LogP contribution in [-0.4, -0.2) is 13.1 Å². The fourth-order valence-corrected chi connectivity index (χ4v) is 3.56. The van der Waals surface area contributed by atoms with E-state index >= 15 is 0 Å². The first-order valence-electron chi connectivity index (χ1n) is 9.72. The van der Waals surface area contributed by atoms with Crippen molar-refractivity contribution in [2.24, 2.45) is 0 Å². The maximum Gasteiger partial charge on any atom is 0.338 e. The first-order chi connectivity index (χ1) is 14.1. The van der Waals surface area contributed by atoms with E-state index in [9.17, 15) is 4.79 Å². The summed E-state index contributed by atoms with van der Waals surface area (Å²) in [5.74, 6) is 6.57. The molecule has 0 aromatic heterocycles. The van der Waals surface area contributed by atoms with Crippen molar-refractivity contribution in [2.75, 3.05) is 7.11 Å². The van der Waals surface area contributed by atoms with Gasteiger partial charge in [-0.25, -0.2) is 4.79 Å². The quantitative estimate of drug-likeness (QED) is 0.306. The van der Waals surface area contributed by atoms with E-state index in [0.29, 0.717) is 11.5 Å². The second-order valence-electron chi connectivity index (χ2n) is 7.43. The summed E-state index contributed by atoms with van der Waals surface area (Å²) in [4.78, 5) is 12.4. The maximum absolute atomic E-state index is 12.4. The number of methoxy groups -OCH3 is 1. The lowest BCUT2D eigenvalue weighted by molar-refractivity contribution is 0.0602. The van der Waals surface area contributed by atoms with Crippen LogP contribution in [0.5, 0.6) is 0 Å². The molecule has 0 unspecified atom stereocenters. The predicted molar refractivity (Wildman–Crippen MR) is 118 cm³/mol. The number of rotatable bonds is 2. The van der Waals surface area contributed by atoms with Gasteiger partial charge in [0.05, 0.1) is 12.7 Å². The SMILES string of the molecule is COC(=O)c1cc(C#Cc2cc3cccccc-3c2)c2cccc(C(C)C)cc1-2. The van der Waals surface area contributed by atoms with Gasteiger partial charge in [-0.3, -0.25) is 0 Å². The Labute approximate surface area is 171 Å². The first kappa shape index (κ1) is 18.8. The van der Waals surface area contributed by atoms with E-state index in [1.165, 1.54) is 12.7 Å². The van der Waals surface area contributed by atoms with Crippen LogP contribution in [0.25, 0.3) is 22.3 Å². The Balaban J connectivity index is 1.82. The van der Waals surface area contributed by atoms with Gasteiger partial charge in [-0.2, -0.15) is 0 Å². The average Bonchev–Trinajstić information content (AvgIpc) is 3.06. The summed E-state index contributed by atoms with van der Waals surface area (Å²) in [5, 5.41) is 0. The highest BCUT2D eigenvalue weighted by molar-refractivity contribution is 6.01. The highest BCUT2D eigenvalue weighted by Crippen LogP contribution is 2.34. The molecule has 0 aromatic rings. The Kier molecular flexibility index (Phi) is 5.06. The monoisotopic (exact) mass is 378 g/mol. The van der Waals surface area contributed by atoms with Crippen LogP contribution in [0.2, 0.25) is 0 Å². The molecule has 0 fully saturated rings. The molecule has 2 heteroatoms. The molecule has 0 spiro atoms. The molecule has 0 heterocycles. The molecule has 0 bridgehead atoms. The summed E-state index contributed by atoms with van der Waals surface area (Å²) in [6, 6.07) is 24.5. The van der Waals surface area contributed by atoms with Crippen molar-refractivity contribution in [2.45, 2.75) is 19.8 Å². The van der Waals surface area contributed by atoms with E-state index < -0.39 is 0 Å². The van der Waals surface area contributed by atoms with Gasteiger partial charge in [0.25, 0.3) is 0 Å². The number of esters is 1. The zero-order chi connectivity index (χ0) is 20.4. The fourth-order valence-electron chi connectivity index (χ4n) is 3.56. The molecule has 0 atom stereocenters. The van der Waals surface area contributed by atoms with Gasteiger partial charge in [0.15, 0.2) is 0 Å².